The number of nitrogens with two attached hydrogens (primary N) is 1. The van der Waals surface area contributed by atoms with Crippen molar-refractivity contribution < 1.29 is 37.6 Å². The quantitative estimate of drug-likeness (QED) is 0.0264. The van der Waals surface area contributed by atoms with Gasteiger partial charge in [-0.2, -0.15) is 0 Å². The second-order valence-electron chi connectivity index (χ2n) is 21.6. The van der Waals surface area contributed by atoms with E-state index in [0.29, 0.717) is 12.8 Å². The highest BCUT2D eigenvalue weighted by Gasteiger charge is 2.26. The fourth-order valence-corrected chi connectivity index (χ4v) is 9.81. The maximum Gasteiger partial charge on any atom is 0.472 e. The molecule has 10 heteroatoms. The molecule has 0 fully saturated rings. The summed E-state index contributed by atoms with van der Waals surface area (Å²) < 4.78 is 33.1. The summed E-state index contributed by atoms with van der Waals surface area (Å²) >= 11 is 0. The Morgan fingerprint density at radius 2 is 0.642 bits per heavy atom. The summed E-state index contributed by atoms with van der Waals surface area (Å²) in [7, 11) is -4.40. The first-order chi connectivity index (χ1) is 39.8. The Kier molecular flexibility index (Phi) is 62.7. The van der Waals surface area contributed by atoms with Crippen molar-refractivity contribution >= 4 is 19.8 Å². The van der Waals surface area contributed by atoms with Gasteiger partial charge in [0, 0.05) is 19.4 Å². The molecule has 2 atom stereocenters. The number of rotatable bonds is 61. The van der Waals surface area contributed by atoms with Crippen LogP contribution in [0.15, 0.2) is 122 Å². The van der Waals surface area contributed by atoms with E-state index in [9.17, 15) is 19.0 Å². The predicted molar refractivity (Wildman–Crippen MR) is 348 cm³/mol. The van der Waals surface area contributed by atoms with E-state index in [4.69, 9.17) is 24.3 Å². The fourth-order valence-electron chi connectivity index (χ4n) is 9.04. The van der Waals surface area contributed by atoms with Crippen molar-refractivity contribution in [3.63, 3.8) is 0 Å². The molecule has 0 rings (SSSR count). The zero-order valence-corrected chi connectivity index (χ0v) is 52.9. The van der Waals surface area contributed by atoms with E-state index in [2.05, 4.69) is 135 Å². The lowest BCUT2D eigenvalue weighted by Gasteiger charge is -2.19. The SMILES string of the molecule is CC/C=C\C/C=C\C/C=C\C/C=C\C/C=C\C/C=C\CCCCCCCCCCCCCCCCCCCCCCCCC(=O)OC(COC(=O)CCCCCCCC/C=C\C/C=C\C/C=C\C/C=C\CC)COP(=O)(O)OCCN. The standard InChI is InChI=1S/C71H122NO8P/c1-3-5-7-9-11-13-15-17-19-21-23-24-25-26-27-28-29-30-31-32-33-34-35-36-37-38-39-40-41-42-43-44-46-48-50-52-54-56-58-60-62-64-71(74)80-69(68-79-81(75,76)78-66-65-72)67-77-70(73)63-61-59-57-55-53-51-49-47-45-22-20-18-16-14-12-10-8-6-4-2/h5-8,11-14,17-20,23-24,26-27,29-30,45,47,69H,3-4,9-10,15-16,21-22,25,28,31-44,46,48-68,72H2,1-2H3,(H,75,76)/b7-5-,8-6-,13-11-,14-12-,19-17-,20-18-,24-23-,27-26-,30-29-,47-45-. The summed E-state index contributed by atoms with van der Waals surface area (Å²) in [5.41, 5.74) is 5.39. The molecule has 0 heterocycles. The Morgan fingerprint density at radius 1 is 0.370 bits per heavy atom. The van der Waals surface area contributed by atoms with E-state index < -0.39 is 32.5 Å². The normalized spacial score (nSPS) is 13.8. The van der Waals surface area contributed by atoms with Crippen LogP contribution in [0.3, 0.4) is 0 Å². The molecule has 0 aliphatic rings. The number of phosphoric ester groups is 1. The molecule has 2 unspecified atom stereocenters. The van der Waals surface area contributed by atoms with Crippen LogP contribution in [-0.2, 0) is 32.7 Å². The minimum absolute atomic E-state index is 0.0478. The van der Waals surface area contributed by atoms with E-state index in [-0.39, 0.29) is 32.6 Å². The monoisotopic (exact) mass is 1150 g/mol. The molecule has 0 saturated heterocycles. The van der Waals surface area contributed by atoms with Crippen molar-refractivity contribution in [2.24, 2.45) is 5.73 Å². The van der Waals surface area contributed by atoms with E-state index in [1.54, 1.807) is 0 Å². The average molecular weight is 1150 g/mol. The third-order valence-electron chi connectivity index (χ3n) is 13.8. The van der Waals surface area contributed by atoms with E-state index in [1.165, 1.54) is 122 Å². The zero-order chi connectivity index (χ0) is 58.7. The molecular formula is C71H122NO8P. The summed E-state index contributed by atoms with van der Waals surface area (Å²) in [6, 6.07) is 0. The Hall–Kier alpha value is -3.59. The fraction of sp³-hybridized carbons (Fsp3) is 0.690. The number of ether oxygens (including phenoxy) is 2. The minimum atomic E-state index is -4.40. The van der Waals surface area contributed by atoms with E-state index >= 15 is 0 Å². The van der Waals surface area contributed by atoms with Crippen LogP contribution in [0.5, 0.6) is 0 Å². The summed E-state index contributed by atoms with van der Waals surface area (Å²) in [5.74, 6) is -0.840. The first-order valence-electron chi connectivity index (χ1n) is 33.0. The third-order valence-corrected chi connectivity index (χ3v) is 14.8. The maximum absolute atomic E-state index is 12.7. The van der Waals surface area contributed by atoms with Gasteiger partial charge in [-0.3, -0.25) is 18.6 Å². The van der Waals surface area contributed by atoms with Crippen LogP contribution in [0.25, 0.3) is 0 Å². The third kappa shape index (κ3) is 65.4. The lowest BCUT2D eigenvalue weighted by Crippen LogP contribution is -2.29. The smallest absolute Gasteiger partial charge is 0.462 e. The van der Waals surface area contributed by atoms with Crippen molar-refractivity contribution in [3.05, 3.63) is 122 Å². The highest BCUT2D eigenvalue weighted by molar-refractivity contribution is 7.47. The second kappa shape index (κ2) is 65.6. The van der Waals surface area contributed by atoms with Crippen LogP contribution < -0.4 is 5.73 Å². The van der Waals surface area contributed by atoms with Gasteiger partial charge >= 0.3 is 19.8 Å². The van der Waals surface area contributed by atoms with Crippen LogP contribution in [0, 0.1) is 0 Å². The Morgan fingerprint density at radius 3 is 0.951 bits per heavy atom. The topological polar surface area (TPSA) is 134 Å². The van der Waals surface area contributed by atoms with Gasteiger partial charge < -0.3 is 20.1 Å². The number of phosphoric acid groups is 1. The lowest BCUT2D eigenvalue weighted by molar-refractivity contribution is -0.161. The lowest BCUT2D eigenvalue weighted by atomic mass is 10.0. The Bertz CT molecular complexity index is 1740. The van der Waals surface area contributed by atoms with Crippen LogP contribution >= 0.6 is 7.82 Å². The highest BCUT2D eigenvalue weighted by atomic mass is 31.2. The van der Waals surface area contributed by atoms with Crippen molar-refractivity contribution in [2.45, 2.75) is 290 Å². The molecule has 0 aromatic carbocycles. The Labute approximate surface area is 498 Å². The summed E-state index contributed by atoms with van der Waals surface area (Å²) in [6.45, 7) is 3.51. The van der Waals surface area contributed by atoms with E-state index in [1.807, 2.05) is 0 Å². The van der Waals surface area contributed by atoms with Crippen LogP contribution in [0.2, 0.25) is 0 Å². The van der Waals surface area contributed by atoms with Crippen LogP contribution in [0.1, 0.15) is 284 Å². The van der Waals surface area contributed by atoms with Gasteiger partial charge in [0.25, 0.3) is 0 Å². The molecule has 9 nitrogen and oxygen atoms in total. The van der Waals surface area contributed by atoms with Crippen molar-refractivity contribution in [1.29, 1.82) is 0 Å². The van der Waals surface area contributed by atoms with Crippen molar-refractivity contribution in [2.75, 3.05) is 26.4 Å². The molecule has 464 valence electrons. The summed E-state index contributed by atoms with van der Waals surface area (Å²) in [5, 5.41) is 0. The first-order valence-corrected chi connectivity index (χ1v) is 34.5. The maximum atomic E-state index is 12.7. The number of carbonyl (C=O) groups is 2. The van der Waals surface area contributed by atoms with Gasteiger partial charge in [-0.05, 0) is 103 Å². The van der Waals surface area contributed by atoms with Crippen LogP contribution in [-0.4, -0.2) is 49.3 Å². The Balaban J connectivity index is 3.83. The zero-order valence-electron chi connectivity index (χ0n) is 52.0. The molecule has 0 aromatic rings. The van der Waals surface area contributed by atoms with Gasteiger partial charge in [-0.25, -0.2) is 4.57 Å². The summed E-state index contributed by atoms with van der Waals surface area (Å²) in [4.78, 5) is 35.2. The molecule has 81 heavy (non-hydrogen) atoms. The van der Waals surface area contributed by atoms with Gasteiger partial charge in [0.05, 0.1) is 13.2 Å². The number of hydrogen-bond donors (Lipinski definition) is 2. The molecule has 0 bridgehead atoms. The van der Waals surface area contributed by atoms with Gasteiger partial charge in [0.2, 0.25) is 0 Å². The summed E-state index contributed by atoms with van der Waals surface area (Å²) in [6.07, 6.45) is 91.5. The molecule has 3 N–H and O–H groups in total. The van der Waals surface area contributed by atoms with Gasteiger partial charge in [0.15, 0.2) is 6.10 Å². The molecule has 0 spiro atoms. The molecule has 0 saturated carbocycles. The number of esters is 2. The average Bonchev–Trinajstić information content (AvgIpc) is 3.46. The number of allylic oxidation sites excluding steroid dienone is 20. The number of hydrogen-bond acceptors (Lipinski definition) is 8. The van der Waals surface area contributed by atoms with Crippen LogP contribution in [0.4, 0.5) is 0 Å². The van der Waals surface area contributed by atoms with Gasteiger partial charge in [-0.1, -0.05) is 289 Å². The molecule has 0 aliphatic heterocycles. The number of unbranched alkanes of at least 4 members (excludes halogenated alkanes) is 28. The van der Waals surface area contributed by atoms with E-state index in [0.717, 1.165) is 122 Å². The predicted octanol–water partition coefficient (Wildman–Crippen LogP) is 21.5. The second-order valence-corrected chi connectivity index (χ2v) is 23.0. The highest BCUT2D eigenvalue weighted by Crippen LogP contribution is 2.43. The van der Waals surface area contributed by atoms with Crippen molar-refractivity contribution in [3.8, 4) is 0 Å². The molecule has 0 radical (unpaired) electrons. The first kappa shape index (κ1) is 77.4. The minimum Gasteiger partial charge on any atom is -0.462 e. The van der Waals surface area contributed by atoms with Gasteiger partial charge in [-0.15, -0.1) is 0 Å². The molecular weight excluding hydrogens is 1030 g/mol. The number of carbonyl (C=O) groups excluding carboxylic acids is 2. The molecule has 0 amide bonds. The molecule has 0 aliphatic carbocycles. The van der Waals surface area contributed by atoms with Crippen molar-refractivity contribution in [1.82, 2.24) is 0 Å². The largest absolute Gasteiger partial charge is 0.472 e. The molecule has 0 aromatic heterocycles. The van der Waals surface area contributed by atoms with Gasteiger partial charge in [0.1, 0.15) is 6.61 Å².